The molecular weight excluding hydrogens is 304 g/mol. The molecule has 1 aromatic rings. The van der Waals surface area contributed by atoms with Crippen LogP contribution in [0.1, 0.15) is 20.3 Å². The lowest BCUT2D eigenvalue weighted by Crippen LogP contribution is -2.40. The van der Waals surface area contributed by atoms with Gasteiger partial charge in [-0.15, -0.1) is 0 Å². The van der Waals surface area contributed by atoms with Gasteiger partial charge in [-0.25, -0.2) is 0 Å². The number of hydrogen-bond acceptors (Lipinski definition) is 2. The third-order valence-corrected chi connectivity index (χ3v) is 3.55. The summed E-state index contributed by atoms with van der Waals surface area (Å²) in [4.78, 5) is 11.8. The van der Waals surface area contributed by atoms with Gasteiger partial charge in [-0.1, -0.05) is 47.8 Å². The van der Waals surface area contributed by atoms with Gasteiger partial charge in [0.2, 0.25) is 5.91 Å². The molecule has 1 aromatic carbocycles. The van der Waals surface area contributed by atoms with E-state index in [1.807, 2.05) is 19.9 Å². The van der Waals surface area contributed by atoms with Gasteiger partial charge in [0.15, 0.2) is 0 Å². The predicted molar refractivity (Wildman–Crippen MR) is 75.2 cm³/mol. The lowest BCUT2D eigenvalue weighted by Gasteiger charge is -2.18. The first-order chi connectivity index (χ1) is 7.95. The first-order valence-electron chi connectivity index (χ1n) is 5.47. The Bertz CT molecular complexity index is 411. The van der Waals surface area contributed by atoms with E-state index in [2.05, 4.69) is 21.2 Å². The van der Waals surface area contributed by atoms with Crippen molar-refractivity contribution in [2.24, 2.45) is 11.7 Å². The minimum atomic E-state index is -0.514. The molecule has 1 amide bonds. The van der Waals surface area contributed by atoms with Crippen LogP contribution in [0, 0.1) is 5.92 Å². The van der Waals surface area contributed by atoms with E-state index >= 15 is 0 Å². The van der Waals surface area contributed by atoms with Crippen LogP contribution in [0.5, 0.6) is 0 Å². The molecule has 0 aromatic heterocycles. The maximum absolute atomic E-state index is 11.8. The molecule has 5 heteroatoms. The van der Waals surface area contributed by atoms with Crippen LogP contribution in [0.3, 0.4) is 0 Å². The van der Waals surface area contributed by atoms with Gasteiger partial charge < -0.3 is 11.1 Å². The first kappa shape index (κ1) is 14.5. The van der Waals surface area contributed by atoms with Crippen molar-refractivity contribution in [3.63, 3.8) is 0 Å². The van der Waals surface area contributed by atoms with Gasteiger partial charge in [0, 0.05) is 4.47 Å². The van der Waals surface area contributed by atoms with Gasteiger partial charge in [0.25, 0.3) is 0 Å². The molecule has 2 atom stereocenters. The van der Waals surface area contributed by atoms with Crippen LogP contribution in [0.25, 0.3) is 0 Å². The van der Waals surface area contributed by atoms with E-state index in [4.69, 9.17) is 17.3 Å². The fourth-order valence-electron chi connectivity index (χ4n) is 1.32. The molecule has 0 aliphatic carbocycles. The van der Waals surface area contributed by atoms with E-state index in [1.165, 1.54) is 0 Å². The minimum Gasteiger partial charge on any atom is -0.323 e. The van der Waals surface area contributed by atoms with Crippen LogP contribution >= 0.6 is 27.5 Å². The zero-order chi connectivity index (χ0) is 13.0. The third-order valence-electron chi connectivity index (χ3n) is 2.75. The van der Waals surface area contributed by atoms with Crippen molar-refractivity contribution in [2.75, 3.05) is 5.32 Å². The lowest BCUT2D eigenvalue weighted by atomic mass is 9.99. The van der Waals surface area contributed by atoms with Gasteiger partial charge in [-0.05, 0) is 24.1 Å². The van der Waals surface area contributed by atoms with Crippen molar-refractivity contribution in [1.29, 1.82) is 0 Å². The van der Waals surface area contributed by atoms with Crippen molar-refractivity contribution in [3.05, 3.63) is 27.7 Å². The van der Waals surface area contributed by atoms with Gasteiger partial charge in [-0.3, -0.25) is 4.79 Å². The van der Waals surface area contributed by atoms with Crippen molar-refractivity contribution in [3.8, 4) is 0 Å². The number of nitrogens with two attached hydrogens (primary N) is 1. The largest absolute Gasteiger partial charge is 0.323 e. The molecule has 0 aliphatic heterocycles. The van der Waals surface area contributed by atoms with E-state index in [0.29, 0.717) is 10.7 Å². The number of halogens is 2. The van der Waals surface area contributed by atoms with Gasteiger partial charge >= 0.3 is 0 Å². The monoisotopic (exact) mass is 318 g/mol. The van der Waals surface area contributed by atoms with E-state index in [-0.39, 0.29) is 11.8 Å². The number of nitrogens with one attached hydrogen (secondary N) is 1. The number of benzene rings is 1. The van der Waals surface area contributed by atoms with Crippen LogP contribution in [-0.2, 0) is 4.79 Å². The Balaban J connectivity index is 2.74. The minimum absolute atomic E-state index is 0.143. The molecule has 3 nitrogen and oxygen atoms in total. The Morgan fingerprint density at radius 1 is 1.59 bits per heavy atom. The molecule has 0 unspecified atom stereocenters. The number of carbonyl (C=O) groups excluding carboxylic acids is 1. The molecule has 17 heavy (non-hydrogen) atoms. The lowest BCUT2D eigenvalue weighted by molar-refractivity contribution is -0.118. The van der Waals surface area contributed by atoms with Crippen molar-refractivity contribution < 1.29 is 4.79 Å². The summed E-state index contributed by atoms with van der Waals surface area (Å²) in [5.41, 5.74) is 6.42. The van der Waals surface area contributed by atoms with E-state index in [1.54, 1.807) is 12.1 Å². The average Bonchev–Trinajstić information content (AvgIpc) is 2.30. The molecule has 0 spiro atoms. The summed E-state index contributed by atoms with van der Waals surface area (Å²) in [6, 6.07) is 4.77. The standard InChI is InChI=1S/C12H16BrClN2O/c1-3-7(2)11(15)12(17)16-10-5-4-8(13)6-9(10)14/h4-7,11H,3,15H2,1-2H3,(H,16,17)/t7-,11-/m0/s1. The molecule has 0 aliphatic rings. The first-order valence-corrected chi connectivity index (χ1v) is 6.64. The molecule has 3 N–H and O–H groups in total. The molecular formula is C12H16BrClN2O. The van der Waals surface area contributed by atoms with Crippen molar-refractivity contribution in [1.82, 2.24) is 0 Å². The smallest absolute Gasteiger partial charge is 0.241 e. The summed E-state index contributed by atoms with van der Waals surface area (Å²) in [6.45, 7) is 3.96. The van der Waals surface area contributed by atoms with E-state index < -0.39 is 6.04 Å². The third kappa shape index (κ3) is 3.98. The van der Waals surface area contributed by atoms with Crippen molar-refractivity contribution in [2.45, 2.75) is 26.3 Å². The van der Waals surface area contributed by atoms with Gasteiger partial charge in [0.1, 0.15) is 0 Å². The summed E-state index contributed by atoms with van der Waals surface area (Å²) in [5, 5.41) is 3.23. The van der Waals surface area contributed by atoms with Crippen LogP contribution in [0.15, 0.2) is 22.7 Å². The SMILES string of the molecule is CC[C@H](C)[C@H](N)C(=O)Nc1ccc(Br)cc1Cl. The second-order valence-corrected chi connectivity index (χ2v) is 5.35. The van der Waals surface area contributed by atoms with Gasteiger partial charge in [0.05, 0.1) is 16.8 Å². The zero-order valence-corrected chi connectivity index (χ0v) is 12.2. The highest BCUT2D eigenvalue weighted by molar-refractivity contribution is 9.10. The number of hydrogen-bond donors (Lipinski definition) is 2. The highest BCUT2D eigenvalue weighted by Crippen LogP contribution is 2.25. The Morgan fingerprint density at radius 3 is 2.76 bits per heavy atom. The quantitative estimate of drug-likeness (QED) is 0.893. The summed E-state index contributed by atoms with van der Waals surface area (Å²) < 4.78 is 0.867. The highest BCUT2D eigenvalue weighted by Gasteiger charge is 2.20. The van der Waals surface area contributed by atoms with Crippen LogP contribution in [0.4, 0.5) is 5.69 Å². The Labute approximate surface area is 115 Å². The predicted octanol–water partition coefficient (Wildman–Crippen LogP) is 3.41. The molecule has 0 bridgehead atoms. The number of carbonyl (C=O) groups is 1. The number of amides is 1. The molecule has 1 rings (SSSR count). The number of rotatable bonds is 4. The van der Waals surface area contributed by atoms with Crippen molar-refractivity contribution >= 4 is 39.1 Å². The Morgan fingerprint density at radius 2 is 2.24 bits per heavy atom. The topological polar surface area (TPSA) is 55.1 Å². The molecule has 0 saturated carbocycles. The average molecular weight is 320 g/mol. The Kier molecular flexibility index (Phi) is 5.43. The fraction of sp³-hybridized carbons (Fsp3) is 0.417. The molecule has 0 radical (unpaired) electrons. The second kappa shape index (κ2) is 6.38. The molecule has 0 heterocycles. The van der Waals surface area contributed by atoms with E-state index in [0.717, 1.165) is 10.9 Å². The van der Waals surface area contributed by atoms with Crippen LogP contribution in [-0.4, -0.2) is 11.9 Å². The molecule has 94 valence electrons. The van der Waals surface area contributed by atoms with Crippen LogP contribution < -0.4 is 11.1 Å². The summed E-state index contributed by atoms with van der Waals surface area (Å²) in [6.07, 6.45) is 0.864. The Hall–Kier alpha value is -0.580. The van der Waals surface area contributed by atoms with Gasteiger partial charge in [-0.2, -0.15) is 0 Å². The highest BCUT2D eigenvalue weighted by atomic mass is 79.9. The normalized spacial score (nSPS) is 14.2. The summed E-state index contributed by atoms with van der Waals surface area (Å²) in [5.74, 6) is -0.0622. The van der Waals surface area contributed by atoms with Crippen LogP contribution in [0.2, 0.25) is 5.02 Å². The second-order valence-electron chi connectivity index (χ2n) is 4.02. The number of anilines is 1. The zero-order valence-electron chi connectivity index (χ0n) is 9.84. The summed E-state index contributed by atoms with van der Waals surface area (Å²) >= 11 is 9.31. The summed E-state index contributed by atoms with van der Waals surface area (Å²) in [7, 11) is 0. The van der Waals surface area contributed by atoms with E-state index in [9.17, 15) is 4.79 Å². The maximum Gasteiger partial charge on any atom is 0.241 e. The fourth-order valence-corrected chi connectivity index (χ4v) is 2.04. The molecule has 0 fully saturated rings. The maximum atomic E-state index is 11.8. The molecule has 0 saturated heterocycles.